The summed E-state index contributed by atoms with van der Waals surface area (Å²) in [5.74, 6) is 0.555. The maximum Gasteiger partial charge on any atom is 0.255 e. The second-order valence-corrected chi connectivity index (χ2v) is 9.33. The molecule has 0 aromatic heterocycles. The molecule has 180 valence electrons. The zero-order valence-corrected chi connectivity index (χ0v) is 20.3. The lowest BCUT2D eigenvalue weighted by Gasteiger charge is -2.28. The van der Waals surface area contributed by atoms with Gasteiger partial charge in [-0.3, -0.25) is 4.79 Å². The Labute approximate surface area is 195 Å². The van der Waals surface area contributed by atoms with E-state index < -0.39 is 10.0 Å². The summed E-state index contributed by atoms with van der Waals surface area (Å²) >= 11 is 0. The third-order valence-electron chi connectivity index (χ3n) is 5.57. The fourth-order valence-electron chi connectivity index (χ4n) is 3.72. The Morgan fingerprint density at radius 1 is 1.03 bits per heavy atom. The first-order valence-electron chi connectivity index (χ1n) is 10.9. The molecular formula is C23H31N3O6S. The number of carbonyl (C=O) groups is 1. The maximum absolute atomic E-state index is 13.2. The highest BCUT2D eigenvalue weighted by atomic mass is 32.2. The van der Waals surface area contributed by atoms with Gasteiger partial charge in [-0.25, -0.2) is 8.42 Å². The first-order chi connectivity index (χ1) is 15.8. The van der Waals surface area contributed by atoms with Crippen LogP contribution in [0.25, 0.3) is 0 Å². The van der Waals surface area contributed by atoms with Gasteiger partial charge in [0.15, 0.2) is 11.5 Å². The van der Waals surface area contributed by atoms with Crippen LogP contribution in [0.4, 0.5) is 11.4 Å². The molecule has 9 nitrogen and oxygen atoms in total. The van der Waals surface area contributed by atoms with Gasteiger partial charge in [-0.2, -0.15) is 4.31 Å². The van der Waals surface area contributed by atoms with Crippen molar-refractivity contribution in [3.8, 4) is 11.5 Å². The van der Waals surface area contributed by atoms with Crippen LogP contribution in [-0.4, -0.2) is 72.2 Å². The topological polar surface area (TPSA) is 97.4 Å². The largest absolute Gasteiger partial charge is 0.493 e. The Balaban J connectivity index is 1.99. The Hall–Kier alpha value is -2.82. The van der Waals surface area contributed by atoms with Crippen molar-refractivity contribution in [2.45, 2.75) is 18.7 Å². The van der Waals surface area contributed by atoms with Gasteiger partial charge in [0, 0.05) is 31.7 Å². The highest BCUT2D eigenvalue weighted by Gasteiger charge is 2.27. The molecule has 3 rings (SSSR count). The van der Waals surface area contributed by atoms with Gasteiger partial charge in [0.2, 0.25) is 10.0 Å². The summed E-state index contributed by atoms with van der Waals surface area (Å²) in [6, 6.07) is 9.71. The van der Waals surface area contributed by atoms with E-state index in [-0.39, 0.29) is 10.8 Å². The number of sulfonamides is 1. The molecule has 0 atom stereocenters. The summed E-state index contributed by atoms with van der Waals surface area (Å²) in [5.41, 5.74) is 1.53. The predicted octanol–water partition coefficient (Wildman–Crippen LogP) is 2.82. The van der Waals surface area contributed by atoms with Gasteiger partial charge < -0.3 is 24.4 Å². The summed E-state index contributed by atoms with van der Waals surface area (Å²) in [7, 11) is -0.693. The molecule has 1 amide bonds. The normalized spacial score (nSPS) is 14.5. The van der Waals surface area contributed by atoms with E-state index in [0.29, 0.717) is 62.1 Å². The lowest BCUT2D eigenvalue weighted by atomic mass is 10.1. The zero-order chi connectivity index (χ0) is 24.0. The van der Waals surface area contributed by atoms with Crippen LogP contribution in [-0.2, 0) is 14.8 Å². The Bertz CT molecular complexity index is 1080. The summed E-state index contributed by atoms with van der Waals surface area (Å²) in [6.45, 7) is 6.72. The number of morpholine rings is 1. The van der Waals surface area contributed by atoms with Crippen molar-refractivity contribution in [1.82, 2.24) is 4.31 Å². The number of amides is 1. The van der Waals surface area contributed by atoms with Crippen molar-refractivity contribution < 1.29 is 27.4 Å². The number of nitrogens with zero attached hydrogens (tertiary/aromatic N) is 2. The van der Waals surface area contributed by atoms with Gasteiger partial charge in [0.1, 0.15) is 0 Å². The molecule has 0 unspecified atom stereocenters. The summed E-state index contributed by atoms with van der Waals surface area (Å²) in [4.78, 5) is 15.3. The monoisotopic (exact) mass is 477 g/mol. The molecule has 1 N–H and O–H groups in total. The first kappa shape index (κ1) is 24.8. The molecular weight excluding hydrogens is 446 g/mol. The number of ether oxygens (including phenoxy) is 3. The Morgan fingerprint density at radius 2 is 1.70 bits per heavy atom. The van der Waals surface area contributed by atoms with Crippen LogP contribution in [0.15, 0.2) is 41.3 Å². The van der Waals surface area contributed by atoms with Crippen LogP contribution >= 0.6 is 0 Å². The molecule has 1 aliphatic rings. The van der Waals surface area contributed by atoms with Crippen LogP contribution in [0.1, 0.15) is 24.2 Å². The van der Waals surface area contributed by atoms with Gasteiger partial charge in [-0.15, -0.1) is 0 Å². The third-order valence-corrected chi connectivity index (χ3v) is 7.47. The van der Waals surface area contributed by atoms with Crippen LogP contribution < -0.4 is 19.7 Å². The highest BCUT2D eigenvalue weighted by molar-refractivity contribution is 7.89. The van der Waals surface area contributed by atoms with E-state index in [0.717, 1.165) is 5.69 Å². The molecule has 0 saturated carbocycles. The van der Waals surface area contributed by atoms with Crippen molar-refractivity contribution in [2.24, 2.45) is 0 Å². The number of benzene rings is 2. The summed E-state index contributed by atoms with van der Waals surface area (Å²) in [5, 5.41) is 2.90. The standard InChI is InChI=1S/C23H31N3O6S/c1-5-25(6-2)20-9-8-18(33(28,29)26-11-13-32-14-12-26)16-19(20)24-23(27)17-7-10-21(30-3)22(15-17)31-4/h7-10,15-16H,5-6,11-14H2,1-4H3,(H,24,27). The average Bonchev–Trinajstić information content (AvgIpc) is 2.85. The molecule has 10 heteroatoms. The van der Waals surface area contributed by atoms with Crippen molar-refractivity contribution in [1.29, 1.82) is 0 Å². The quantitative estimate of drug-likeness (QED) is 0.593. The third kappa shape index (κ3) is 5.40. The van der Waals surface area contributed by atoms with E-state index in [9.17, 15) is 13.2 Å². The molecule has 2 aromatic rings. The highest BCUT2D eigenvalue weighted by Crippen LogP contribution is 2.32. The molecule has 1 heterocycles. The molecule has 0 aliphatic carbocycles. The number of methoxy groups -OCH3 is 2. The van der Waals surface area contributed by atoms with E-state index in [2.05, 4.69) is 10.2 Å². The minimum atomic E-state index is -3.71. The number of nitrogens with one attached hydrogen (secondary N) is 1. The molecule has 33 heavy (non-hydrogen) atoms. The molecule has 0 spiro atoms. The second kappa shape index (κ2) is 10.9. The number of anilines is 2. The van der Waals surface area contributed by atoms with Crippen molar-refractivity contribution in [3.63, 3.8) is 0 Å². The Morgan fingerprint density at radius 3 is 2.30 bits per heavy atom. The zero-order valence-electron chi connectivity index (χ0n) is 19.5. The second-order valence-electron chi connectivity index (χ2n) is 7.39. The minimum absolute atomic E-state index is 0.128. The lowest BCUT2D eigenvalue weighted by molar-refractivity contribution is 0.0730. The predicted molar refractivity (Wildman–Crippen MR) is 127 cm³/mol. The molecule has 1 fully saturated rings. The lowest BCUT2D eigenvalue weighted by Crippen LogP contribution is -2.40. The fraction of sp³-hybridized carbons (Fsp3) is 0.435. The van der Waals surface area contributed by atoms with E-state index >= 15 is 0 Å². The number of carbonyl (C=O) groups excluding carboxylic acids is 1. The van der Waals surface area contributed by atoms with Crippen molar-refractivity contribution in [3.05, 3.63) is 42.0 Å². The minimum Gasteiger partial charge on any atom is -0.493 e. The summed E-state index contributed by atoms with van der Waals surface area (Å²) < 4.78 is 43.6. The van der Waals surface area contributed by atoms with Gasteiger partial charge in [-0.05, 0) is 50.2 Å². The van der Waals surface area contributed by atoms with Crippen LogP contribution in [0.3, 0.4) is 0 Å². The smallest absolute Gasteiger partial charge is 0.255 e. The number of hydrogen-bond donors (Lipinski definition) is 1. The molecule has 2 aromatic carbocycles. The van der Waals surface area contributed by atoms with Crippen LogP contribution in [0.5, 0.6) is 11.5 Å². The van der Waals surface area contributed by atoms with Crippen molar-refractivity contribution >= 4 is 27.3 Å². The maximum atomic E-state index is 13.2. The fourth-order valence-corrected chi connectivity index (χ4v) is 5.16. The number of hydrogen-bond acceptors (Lipinski definition) is 7. The molecule has 1 aliphatic heterocycles. The van der Waals surface area contributed by atoms with E-state index in [1.54, 1.807) is 30.3 Å². The van der Waals surface area contributed by atoms with Crippen LogP contribution in [0.2, 0.25) is 0 Å². The van der Waals surface area contributed by atoms with E-state index in [1.165, 1.54) is 24.6 Å². The van der Waals surface area contributed by atoms with Gasteiger partial charge in [0.25, 0.3) is 5.91 Å². The van der Waals surface area contributed by atoms with E-state index in [4.69, 9.17) is 14.2 Å². The molecule has 0 radical (unpaired) electrons. The van der Waals surface area contributed by atoms with Gasteiger partial charge >= 0.3 is 0 Å². The summed E-state index contributed by atoms with van der Waals surface area (Å²) in [6.07, 6.45) is 0. The molecule has 1 saturated heterocycles. The Kier molecular flexibility index (Phi) is 8.17. The van der Waals surface area contributed by atoms with Crippen molar-refractivity contribution in [2.75, 3.05) is 63.8 Å². The SMILES string of the molecule is CCN(CC)c1ccc(S(=O)(=O)N2CCOCC2)cc1NC(=O)c1ccc(OC)c(OC)c1. The average molecular weight is 478 g/mol. The van der Waals surface area contributed by atoms with Gasteiger partial charge in [0.05, 0.1) is 43.7 Å². The van der Waals surface area contributed by atoms with E-state index in [1.807, 2.05) is 13.8 Å². The molecule has 0 bridgehead atoms. The number of rotatable bonds is 9. The van der Waals surface area contributed by atoms with Crippen LogP contribution in [0, 0.1) is 0 Å². The van der Waals surface area contributed by atoms with Gasteiger partial charge in [-0.1, -0.05) is 0 Å². The first-order valence-corrected chi connectivity index (χ1v) is 12.3.